The third-order valence-electron chi connectivity index (χ3n) is 5.12. The van der Waals surface area contributed by atoms with Gasteiger partial charge in [-0.25, -0.2) is 18.4 Å². The number of hydrogen-bond acceptors (Lipinski definition) is 6. The Bertz CT molecular complexity index is 1400. The molecule has 0 N–H and O–H groups in total. The number of carbonyl (C=O) groups is 1. The Morgan fingerprint density at radius 2 is 1.85 bits per heavy atom. The standard InChI is InChI=1S/C24H22ClN3O4S/c1-2-13-32-23-10-8-20(14-21(23)25)33(30,31)19-6-3-17(4-7-19)5-9-22(29)18-15-27-24-26-11-12-28(24)16-18/h3-4,6-8,10-12,14-16H,2,5,9,13H2,1H3. The fourth-order valence-corrected chi connectivity index (χ4v) is 4.90. The van der Waals surface area contributed by atoms with Crippen molar-refractivity contribution in [2.45, 2.75) is 36.0 Å². The number of rotatable bonds is 9. The van der Waals surface area contributed by atoms with Crippen molar-refractivity contribution in [2.75, 3.05) is 6.61 Å². The first-order chi connectivity index (χ1) is 15.9. The number of nitrogens with zero attached hydrogens (tertiary/aromatic N) is 3. The molecule has 2 aromatic carbocycles. The van der Waals surface area contributed by atoms with Gasteiger partial charge in [0.15, 0.2) is 5.78 Å². The zero-order valence-electron chi connectivity index (χ0n) is 17.9. The number of ether oxygens (including phenoxy) is 1. The fraction of sp³-hybridized carbons (Fsp3) is 0.208. The van der Waals surface area contributed by atoms with Crippen LogP contribution in [0.25, 0.3) is 5.78 Å². The summed E-state index contributed by atoms with van der Waals surface area (Å²) in [5, 5.41) is 0.253. The lowest BCUT2D eigenvalue weighted by molar-refractivity contribution is 0.0982. The monoisotopic (exact) mass is 483 g/mol. The summed E-state index contributed by atoms with van der Waals surface area (Å²) in [6, 6.07) is 11.0. The van der Waals surface area contributed by atoms with E-state index >= 15 is 0 Å². The maximum Gasteiger partial charge on any atom is 0.233 e. The molecule has 0 fully saturated rings. The molecule has 4 rings (SSSR count). The number of benzene rings is 2. The fourth-order valence-electron chi connectivity index (χ4n) is 3.31. The molecule has 0 aliphatic carbocycles. The Morgan fingerprint density at radius 1 is 1.09 bits per heavy atom. The molecular formula is C24H22ClN3O4S. The largest absolute Gasteiger partial charge is 0.492 e. The number of hydrogen-bond donors (Lipinski definition) is 0. The van der Waals surface area contributed by atoms with Gasteiger partial charge in [-0.3, -0.25) is 9.20 Å². The van der Waals surface area contributed by atoms with E-state index in [2.05, 4.69) is 9.97 Å². The molecule has 2 heterocycles. The van der Waals surface area contributed by atoms with Crippen LogP contribution in [0.5, 0.6) is 5.75 Å². The van der Waals surface area contributed by atoms with E-state index in [0.29, 0.717) is 30.1 Å². The Kier molecular flexibility index (Phi) is 6.76. The highest BCUT2D eigenvalue weighted by molar-refractivity contribution is 7.91. The van der Waals surface area contributed by atoms with Gasteiger partial charge in [-0.1, -0.05) is 30.7 Å². The second-order valence-corrected chi connectivity index (χ2v) is 9.85. The Morgan fingerprint density at radius 3 is 2.58 bits per heavy atom. The number of sulfone groups is 1. The van der Waals surface area contributed by atoms with Crippen LogP contribution >= 0.6 is 11.6 Å². The van der Waals surface area contributed by atoms with Crippen LogP contribution in [-0.4, -0.2) is 35.2 Å². The average molecular weight is 484 g/mol. The number of ketones is 1. The number of carbonyl (C=O) groups excluding carboxylic acids is 1. The quantitative estimate of drug-likeness (QED) is 0.317. The molecule has 0 saturated heterocycles. The van der Waals surface area contributed by atoms with Gasteiger partial charge in [0.25, 0.3) is 0 Å². The van der Waals surface area contributed by atoms with E-state index in [0.717, 1.165) is 12.0 Å². The number of halogens is 1. The van der Waals surface area contributed by atoms with Crippen LogP contribution in [0.3, 0.4) is 0 Å². The average Bonchev–Trinajstić information content (AvgIpc) is 3.30. The van der Waals surface area contributed by atoms with Crippen molar-refractivity contribution in [1.82, 2.24) is 14.4 Å². The van der Waals surface area contributed by atoms with Gasteiger partial charge in [-0.05, 0) is 48.7 Å². The molecule has 0 amide bonds. The molecular weight excluding hydrogens is 462 g/mol. The van der Waals surface area contributed by atoms with Gasteiger partial charge < -0.3 is 4.74 Å². The number of aryl methyl sites for hydroxylation is 1. The molecule has 0 bridgehead atoms. The minimum Gasteiger partial charge on any atom is -0.492 e. The van der Waals surface area contributed by atoms with E-state index in [1.807, 2.05) is 6.92 Å². The molecule has 0 atom stereocenters. The van der Waals surface area contributed by atoms with E-state index in [9.17, 15) is 13.2 Å². The second-order valence-electron chi connectivity index (χ2n) is 7.49. The zero-order chi connectivity index (χ0) is 23.4. The van der Waals surface area contributed by atoms with Gasteiger partial charge >= 0.3 is 0 Å². The van der Waals surface area contributed by atoms with Crippen molar-refractivity contribution >= 4 is 33.0 Å². The molecule has 9 heteroatoms. The number of imidazole rings is 1. The first-order valence-electron chi connectivity index (χ1n) is 10.5. The predicted molar refractivity (Wildman–Crippen MR) is 125 cm³/mol. The molecule has 7 nitrogen and oxygen atoms in total. The minimum absolute atomic E-state index is 0.0465. The van der Waals surface area contributed by atoms with Crippen LogP contribution in [-0.2, 0) is 16.3 Å². The highest BCUT2D eigenvalue weighted by Crippen LogP contribution is 2.30. The molecule has 0 radical (unpaired) electrons. The summed E-state index contributed by atoms with van der Waals surface area (Å²) in [5.41, 5.74) is 1.36. The molecule has 2 aromatic heterocycles. The van der Waals surface area contributed by atoms with E-state index in [-0.39, 0.29) is 27.0 Å². The summed E-state index contributed by atoms with van der Waals surface area (Å²) in [6.07, 6.45) is 8.16. The first kappa shape index (κ1) is 22.9. The number of Topliss-reactive ketones (excluding diaryl/α,β-unsaturated/α-hetero) is 1. The van der Waals surface area contributed by atoms with Crippen LogP contribution < -0.4 is 4.74 Å². The van der Waals surface area contributed by atoms with Gasteiger partial charge in [0, 0.05) is 31.2 Å². The van der Waals surface area contributed by atoms with E-state index < -0.39 is 9.84 Å². The first-order valence-corrected chi connectivity index (χ1v) is 12.3. The molecule has 170 valence electrons. The minimum atomic E-state index is -3.73. The molecule has 0 aliphatic heterocycles. The predicted octanol–water partition coefficient (Wildman–Crippen LogP) is 4.82. The van der Waals surface area contributed by atoms with Crippen LogP contribution in [0.15, 0.2) is 77.0 Å². The third kappa shape index (κ3) is 5.07. The summed E-state index contributed by atoms with van der Waals surface area (Å²) in [5.74, 6) is 0.947. The highest BCUT2D eigenvalue weighted by atomic mass is 35.5. The highest BCUT2D eigenvalue weighted by Gasteiger charge is 2.19. The lowest BCUT2D eigenvalue weighted by Gasteiger charge is -2.10. The van der Waals surface area contributed by atoms with Gasteiger partial charge in [0.05, 0.1) is 27.0 Å². The SMILES string of the molecule is CCCOc1ccc(S(=O)(=O)c2ccc(CCC(=O)c3cnc4nccn4c3)cc2)cc1Cl. The number of fused-ring (bicyclic) bond motifs is 1. The van der Waals surface area contributed by atoms with Gasteiger partial charge in [0.1, 0.15) is 5.75 Å². The van der Waals surface area contributed by atoms with Crippen LogP contribution in [0.4, 0.5) is 0 Å². The molecule has 0 unspecified atom stereocenters. The zero-order valence-corrected chi connectivity index (χ0v) is 19.5. The third-order valence-corrected chi connectivity index (χ3v) is 7.18. The summed E-state index contributed by atoms with van der Waals surface area (Å²) in [4.78, 5) is 21.0. The smallest absolute Gasteiger partial charge is 0.233 e. The van der Waals surface area contributed by atoms with E-state index in [1.165, 1.54) is 18.3 Å². The lowest BCUT2D eigenvalue weighted by atomic mass is 10.0. The van der Waals surface area contributed by atoms with Crippen LogP contribution in [0.2, 0.25) is 5.02 Å². The van der Waals surface area contributed by atoms with E-state index in [1.54, 1.807) is 53.3 Å². The van der Waals surface area contributed by atoms with Gasteiger partial charge in [-0.2, -0.15) is 0 Å². The Hall–Kier alpha value is -3.23. The Labute approximate surface area is 196 Å². The molecule has 0 spiro atoms. The van der Waals surface area contributed by atoms with Crippen molar-refractivity contribution in [3.63, 3.8) is 0 Å². The lowest BCUT2D eigenvalue weighted by Crippen LogP contribution is -2.05. The topological polar surface area (TPSA) is 90.6 Å². The van der Waals surface area contributed by atoms with Crippen LogP contribution in [0.1, 0.15) is 35.7 Å². The second kappa shape index (κ2) is 9.72. The van der Waals surface area contributed by atoms with Gasteiger partial charge in [-0.15, -0.1) is 0 Å². The maximum absolute atomic E-state index is 13.0. The number of aromatic nitrogens is 3. The molecule has 0 aliphatic rings. The van der Waals surface area contributed by atoms with Crippen molar-refractivity contribution in [2.24, 2.45) is 0 Å². The van der Waals surface area contributed by atoms with Crippen molar-refractivity contribution in [3.05, 3.63) is 83.4 Å². The Balaban J connectivity index is 1.43. The van der Waals surface area contributed by atoms with E-state index in [4.69, 9.17) is 16.3 Å². The molecule has 33 heavy (non-hydrogen) atoms. The van der Waals surface area contributed by atoms with Crippen molar-refractivity contribution in [3.8, 4) is 5.75 Å². The summed E-state index contributed by atoms with van der Waals surface area (Å²) < 4.78 is 33.2. The molecule has 0 saturated carbocycles. The van der Waals surface area contributed by atoms with Gasteiger partial charge in [0.2, 0.25) is 15.6 Å². The summed E-state index contributed by atoms with van der Waals surface area (Å²) in [6.45, 7) is 2.48. The summed E-state index contributed by atoms with van der Waals surface area (Å²) in [7, 11) is -3.73. The van der Waals surface area contributed by atoms with Crippen molar-refractivity contribution in [1.29, 1.82) is 0 Å². The van der Waals surface area contributed by atoms with Crippen LogP contribution in [0, 0.1) is 0 Å². The normalized spacial score (nSPS) is 11.6. The maximum atomic E-state index is 13.0. The van der Waals surface area contributed by atoms with Crippen molar-refractivity contribution < 1.29 is 17.9 Å². The molecule has 4 aromatic rings. The summed E-state index contributed by atoms with van der Waals surface area (Å²) >= 11 is 6.20.